The Bertz CT molecular complexity index is 647. The number of thiocarbonyl (C=S) groups is 1. The van der Waals surface area contributed by atoms with Crippen LogP contribution in [-0.2, 0) is 0 Å². The Labute approximate surface area is 142 Å². The van der Waals surface area contributed by atoms with Crippen LogP contribution >= 0.6 is 12.2 Å². The molecule has 0 fully saturated rings. The van der Waals surface area contributed by atoms with Crippen LogP contribution in [0.15, 0.2) is 48.5 Å². The number of benzene rings is 2. The Morgan fingerprint density at radius 1 is 1.09 bits per heavy atom. The molecule has 0 aliphatic carbocycles. The molecule has 2 aromatic carbocycles. The number of methoxy groups -OCH3 is 2. The highest BCUT2D eigenvalue weighted by atomic mass is 32.1. The summed E-state index contributed by atoms with van der Waals surface area (Å²) in [5, 5.41) is 7.09. The second-order valence-electron chi connectivity index (χ2n) is 5.04. The van der Waals surface area contributed by atoms with Gasteiger partial charge in [0.15, 0.2) is 5.11 Å². The number of nitrogens with one attached hydrogen (secondary N) is 2. The maximum Gasteiger partial charge on any atom is 0.171 e. The van der Waals surface area contributed by atoms with Crippen molar-refractivity contribution in [2.24, 2.45) is 0 Å². The van der Waals surface area contributed by atoms with Gasteiger partial charge in [-0.25, -0.2) is 0 Å². The van der Waals surface area contributed by atoms with E-state index in [9.17, 15) is 0 Å². The van der Waals surface area contributed by atoms with Gasteiger partial charge >= 0.3 is 0 Å². The highest BCUT2D eigenvalue weighted by Gasteiger charge is 2.12. The molecular weight excluding hydrogens is 308 g/mol. The van der Waals surface area contributed by atoms with Crippen LogP contribution in [0.4, 0.5) is 5.69 Å². The molecule has 1 atom stereocenters. The predicted octanol–water partition coefficient (Wildman–Crippen LogP) is 4.14. The van der Waals surface area contributed by atoms with E-state index in [1.807, 2.05) is 36.4 Å². The summed E-state index contributed by atoms with van der Waals surface area (Å²) in [6, 6.07) is 16.0. The molecule has 0 amide bonds. The summed E-state index contributed by atoms with van der Waals surface area (Å²) >= 11 is 5.44. The van der Waals surface area contributed by atoms with Gasteiger partial charge in [-0.2, -0.15) is 0 Å². The molecule has 0 spiro atoms. The van der Waals surface area contributed by atoms with Gasteiger partial charge in [0.1, 0.15) is 11.5 Å². The fourth-order valence-electron chi connectivity index (χ4n) is 2.32. The van der Waals surface area contributed by atoms with Crippen LogP contribution in [0.1, 0.15) is 24.9 Å². The molecule has 2 aromatic rings. The molecular formula is C18H22N2O2S. The van der Waals surface area contributed by atoms with Gasteiger partial charge in [-0.15, -0.1) is 0 Å². The minimum Gasteiger partial charge on any atom is -0.497 e. The molecule has 0 radical (unpaired) electrons. The fourth-order valence-corrected chi connectivity index (χ4v) is 2.58. The van der Waals surface area contributed by atoms with Crippen molar-refractivity contribution in [2.45, 2.75) is 19.4 Å². The van der Waals surface area contributed by atoms with Gasteiger partial charge in [0.05, 0.1) is 25.9 Å². The van der Waals surface area contributed by atoms with Crippen LogP contribution in [0.2, 0.25) is 0 Å². The average molecular weight is 330 g/mol. The summed E-state index contributed by atoms with van der Waals surface area (Å²) < 4.78 is 10.6. The van der Waals surface area contributed by atoms with Crippen molar-refractivity contribution in [1.82, 2.24) is 5.32 Å². The zero-order valence-electron chi connectivity index (χ0n) is 13.6. The smallest absolute Gasteiger partial charge is 0.171 e. The first-order valence-corrected chi connectivity index (χ1v) is 7.93. The van der Waals surface area contributed by atoms with Gasteiger partial charge < -0.3 is 20.1 Å². The second-order valence-corrected chi connectivity index (χ2v) is 5.44. The van der Waals surface area contributed by atoms with Crippen molar-refractivity contribution in [2.75, 3.05) is 19.5 Å². The molecule has 0 unspecified atom stereocenters. The minimum atomic E-state index is 0.167. The Balaban J connectivity index is 2.07. The first-order chi connectivity index (χ1) is 11.2. The number of hydrogen-bond donors (Lipinski definition) is 2. The van der Waals surface area contributed by atoms with E-state index in [0.717, 1.165) is 17.9 Å². The van der Waals surface area contributed by atoms with E-state index in [1.165, 1.54) is 5.56 Å². The van der Waals surface area contributed by atoms with Crippen molar-refractivity contribution in [3.05, 3.63) is 54.1 Å². The van der Waals surface area contributed by atoms with Crippen LogP contribution in [0.5, 0.6) is 11.5 Å². The molecule has 122 valence electrons. The van der Waals surface area contributed by atoms with Gasteiger partial charge in [0.2, 0.25) is 0 Å². The van der Waals surface area contributed by atoms with Crippen molar-refractivity contribution < 1.29 is 9.47 Å². The topological polar surface area (TPSA) is 42.5 Å². The van der Waals surface area contributed by atoms with E-state index in [0.29, 0.717) is 10.9 Å². The molecule has 23 heavy (non-hydrogen) atoms. The highest BCUT2D eigenvalue weighted by molar-refractivity contribution is 7.80. The quantitative estimate of drug-likeness (QED) is 0.779. The summed E-state index contributed by atoms with van der Waals surface area (Å²) in [7, 11) is 3.25. The predicted molar refractivity (Wildman–Crippen MR) is 98.4 cm³/mol. The van der Waals surface area contributed by atoms with E-state index in [1.54, 1.807) is 14.2 Å². The van der Waals surface area contributed by atoms with Crippen molar-refractivity contribution in [1.29, 1.82) is 0 Å². The molecule has 5 heteroatoms. The lowest BCUT2D eigenvalue weighted by Gasteiger charge is -2.21. The van der Waals surface area contributed by atoms with Crippen molar-refractivity contribution in [3.63, 3.8) is 0 Å². The Morgan fingerprint density at radius 3 is 2.43 bits per heavy atom. The number of anilines is 1. The number of ether oxygens (including phenoxy) is 2. The van der Waals surface area contributed by atoms with Crippen LogP contribution < -0.4 is 20.1 Å². The van der Waals surface area contributed by atoms with E-state index in [4.69, 9.17) is 21.7 Å². The monoisotopic (exact) mass is 330 g/mol. The first kappa shape index (κ1) is 17.1. The van der Waals surface area contributed by atoms with E-state index in [2.05, 4.69) is 29.7 Å². The van der Waals surface area contributed by atoms with Gasteiger partial charge in [0, 0.05) is 6.07 Å². The summed E-state index contributed by atoms with van der Waals surface area (Å²) in [4.78, 5) is 0. The molecule has 0 heterocycles. The Morgan fingerprint density at radius 2 is 1.83 bits per heavy atom. The molecule has 0 saturated heterocycles. The summed E-state index contributed by atoms with van der Waals surface area (Å²) in [5.41, 5.74) is 2.01. The third kappa shape index (κ3) is 4.60. The van der Waals surface area contributed by atoms with Crippen molar-refractivity contribution in [3.8, 4) is 11.5 Å². The van der Waals surface area contributed by atoms with Gasteiger partial charge in [-0.3, -0.25) is 0 Å². The van der Waals surface area contributed by atoms with E-state index >= 15 is 0 Å². The molecule has 0 saturated carbocycles. The maximum absolute atomic E-state index is 5.44. The molecule has 4 nitrogen and oxygen atoms in total. The summed E-state index contributed by atoms with van der Waals surface area (Å²) in [5.74, 6) is 1.42. The van der Waals surface area contributed by atoms with E-state index in [-0.39, 0.29) is 6.04 Å². The lowest BCUT2D eigenvalue weighted by atomic mass is 10.1. The maximum atomic E-state index is 5.44. The third-order valence-electron chi connectivity index (χ3n) is 3.57. The van der Waals surface area contributed by atoms with E-state index < -0.39 is 0 Å². The van der Waals surface area contributed by atoms with Gasteiger partial charge in [-0.1, -0.05) is 37.3 Å². The summed E-state index contributed by atoms with van der Waals surface area (Å²) in [6.45, 7) is 2.13. The Hall–Kier alpha value is -2.27. The Kier molecular flexibility index (Phi) is 6.23. The highest BCUT2D eigenvalue weighted by Crippen LogP contribution is 2.29. The summed E-state index contributed by atoms with van der Waals surface area (Å²) in [6.07, 6.45) is 0.936. The molecule has 0 aliphatic rings. The standard InChI is InChI=1S/C18H22N2O2S/c1-4-15(13-8-6-5-7-9-13)19-18(23)20-16-11-10-14(21-2)12-17(16)22-3/h5-12,15H,4H2,1-3H3,(H2,19,20,23)/t15-/m1/s1. The van der Waals surface area contributed by atoms with Gasteiger partial charge in [0.25, 0.3) is 0 Å². The first-order valence-electron chi connectivity index (χ1n) is 7.52. The normalized spacial score (nSPS) is 11.4. The second kappa shape index (κ2) is 8.39. The zero-order chi connectivity index (χ0) is 16.7. The number of rotatable bonds is 6. The van der Waals surface area contributed by atoms with Crippen LogP contribution in [-0.4, -0.2) is 19.3 Å². The van der Waals surface area contributed by atoms with Crippen molar-refractivity contribution >= 4 is 23.0 Å². The fraction of sp³-hybridized carbons (Fsp3) is 0.278. The minimum absolute atomic E-state index is 0.167. The van der Waals surface area contributed by atoms with Crippen LogP contribution in [0, 0.1) is 0 Å². The molecule has 2 rings (SSSR count). The van der Waals surface area contributed by atoms with Crippen LogP contribution in [0.25, 0.3) is 0 Å². The third-order valence-corrected chi connectivity index (χ3v) is 3.79. The zero-order valence-corrected chi connectivity index (χ0v) is 14.4. The van der Waals surface area contributed by atoms with Gasteiger partial charge in [-0.05, 0) is 36.3 Å². The average Bonchev–Trinajstić information content (AvgIpc) is 2.60. The SMILES string of the molecule is CC[C@@H](NC(=S)Nc1ccc(OC)cc1OC)c1ccccc1. The molecule has 0 bridgehead atoms. The van der Waals surface area contributed by atoms with Crippen LogP contribution in [0.3, 0.4) is 0 Å². The largest absolute Gasteiger partial charge is 0.497 e. The molecule has 0 aliphatic heterocycles. The number of hydrogen-bond acceptors (Lipinski definition) is 3. The molecule has 2 N–H and O–H groups in total. The lowest BCUT2D eigenvalue weighted by Crippen LogP contribution is -2.32. The molecule has 0 aromatic heterocycles. The lowest BCUT2D eigenvalue weighted by molar-refractivity contribution is 0.395.